The molecule has 0 heterocycles. The van der Waals surface area contributed by atoms with E-state index in [1.807, 2.05) is 0 Å². The van der Waals surface area contributed by atoms with Gasteiger partial charge in [0, 0.05) is 24.6 Å². The summed E-state index contributed by atoms with van der Waals surface area (Å²) in [6.07, 6.45) is 10.3. The van der Waals surface area contributed by atoms with Crippen molar-refractivity contribution in [3.8, 4) is 0 Å². The molecule has 0 amide bonds. The normalized spacial score (nSPS) is 37.1. The first kappa shape index (κ1) is 12.0. The van der Waals surface area contributed by atoms with Crippen molar-refractivity contribution in [1.29, 1.82) is 0 Å². The molecule has 17 heavy (non-hydrogen) atoms. The Morgan fingerprint density at radius 1 is 1.18 bits per heavy atom. The molecule has 2 atom stereocenters. The maximum absolute atomic E-state index is 5.95. The van der Waals surface area contributed by atoms with E-state index in [1.54, 1.807) is 0 Å². The fraction of sp³-hybridized carbons (Fsp3) is 1.00. The number of rotatable bonds is 5. The second-order valence-corrected chi connectivity index (χ2v) is 6.86. The van der Waals surface area contributed by atoms with Crippen LogP contribution in [0.5, 0.6) is 0 Å². The summed E-state index contributed by atoms with van der Waals surface area (Å²) in [7, 11) is 0. The van der Waals surface area contributed by atoms with E-state index in [2.05, 4.69) is 19.2 Å². The van der Waals surface area contributed by atoms with E-state index in [0.717, 1.165) is 12.6 Å². The summed E-state index contributed by atoms with van der Waals surface area (Å²) in [5, 5.41) is 3.86. The lowest BCUT2D eigenvalue weighted by molar-refractivity contribution is -0.130. The van der Waals surface area contributed by atoms with Crippen LogP contribution in [0.2, 0.25) is 0 Å². The molecule has 1 N–H and O–H groups in total. The van der Waals surface area contributed by atoms with Gasteiger partial charge in [-0.15, -0.1) is 0 Å². The highest BCUT2D eigenvalue weighted by molar-refractivity contribution is 5.10. The van der Waals surface area contributed by atoms with Crippen molar-refractivity contribution >= 4 is 0 Å². The summed E-state index contributed by atoms with van der Waals surface area (Å²) in [4.78, 5) is 0. The van der Waals surface area contributed by atoms with E-state index in [1.165, 1.54) is 51.5 Å². The first-order valence-electron chi connectivity index (χ1n) is 7.54. The molecule has 98 valence electrons. The molecular formula is C15H27NO. The van der Waals surface area contributed by atoms with Gasteiger partial charge in [0.15, 0.2) is 0 Å². The van der Waals surface area contributed by atoms with E-state index in [9.17, 15) is 0 Å². The minimum Gasteiger partial charge on any atom is -0.378 e. The molecule has 2 nitrogen and oxygen atoms in total. The Labute approximate surface area is 105 Å². The first-order chi connectivity index (χ1) is 8.19. The van der Waals surface area contributed by atoms with Gasteiger partial charge in [-0.3, -0.25) is 0 Å². The third-order valence-electron chi connectivity index (χ3n) is 5.57. The van der Waals surface area contributed by atoms with Gasteiger partial charge < -0.3 is 10.1 Å². The topological polar surface area (TPSA) is 21.3 Å². The molecule has 0 radical (unpaired) electrons. The second kappa shape index (κ2) is 4.24. The van der Waals surface area contributed by atoms with Crippen molar-refractivity contribution < 1.29 is 4.74 Å². The lowest BCUT2D eigenvalue weighted by Crippen LogP contribution is -2.63. The Morgan fingerprint density at radius 3 is 2.47 bits per heavy atom. The zero-order chi connectivity index (χ0) is 11.9. The van der Waals surface area contributed by atoms with Gasteiger partial charge in [-0.1, -0.05) is 19.8 Å². The zero-order valence-electron chi connectivity index (χ0n) is 11.4. The van der Waals surface area contributed by atoms with Gasteiger partial charge in [0.2, 0.25) is 0 Å². The Morgan fingerprint density at radius 2 is 1.88 bits per heavy atom. The fourth-order valence-electron chi connectivity index (χ4n) is 3.93. The van der Waals surface area contributed by atoms with Crippen LogP contribution in [0.3, 0.4) is 0 Å². The molecule has 3 aliphatic carbocycles. The van der Waals surface area contributed by atoms with E-state index in [4.69, 9.17) is 4.74 Å². The van der Waals surface area contributed by atoms with Crippen LogP contribution < -0.4 is 5.32 Å². The molecule has 3 rings (SSSR count). The molecule has 0 saturated heterocycles. The van der Waals surface area contributed by atoms with Gasteiger partial charge >= 0.3 is 0 Å². The molecule has 0 aromatic heterocycles. The summed E-state index contributed by atoms with van der Waals surface area (Å²) in [6.45, 7) is 6.67. The SMILES string of the molecule is CCOC1CC(NCC2(C)CC2)C12CCCC2. The van der Waals surface area contributed by atoms with Crippen LogP contribution in [-0.4, -0.2) is 25.3 Å². The smallest absolute Gasteiger partial charge is 0.0661 e. The van der Waals surface area contributed by atoms with Gasteiger partial charge in [-0.05, 0) is 44.4 Å². The Kier molecular flexibility index (Phi) is 2.99. The summed E-state index contributed by atoms with van der Waals surface area (Å²) in [5.41, 5.74) is 1.15. The number of nitrogens with one attached hydrogen (secondary N) is 1. The lowest BCUT2D eigenvalue weighted by atomic mass is 9.60. The predicted molar refractivity (Wildman–Crippen MR) is 70.1 cm³/mol. The number of hydrogen-bond donors (Lipinski definition) is 1. The first-order valence-corrected chi connectivity index (χ1v) is 7.54. The highest BCUT2D eigenvalue weighted by atomic mass is 16.5. The van der Waals surface area contributed by atoms with Crippen LogP contribution in [0, 0.1) is 10.8 Å². The van der Waals surface area contributed by atoms with Gasteiger partial charge in [0.1, 0.15) is 0 Å². The molecule has 3 saturated carbocycles. The molecule has 0 aliphatic heterocycles. The van der Waals surface area contributed by atoms with Crippen LogP contribution in [0.15, 0.2) is 0 Å². The minimum absolute atomic E-state index is 0.515. The fourth-order valence-corrected chi connectivity index (χ4v) is 3.93. The average Bonchev–Trinajstić information content (AvgIpc) is 2.85. The van der Waals surface area contributed by atoms with E-state index in [-0.39, 0.29) is 0 Å². The minimum atomic E-state index is 0.515. The van der Waals surface area contributed by atoms with Crippen molar-refractivity contribution in [2.24, 2.45) is 10.8 Å². The standard InChI is InChI=1S/C15H27NO/c1-3-17-13-10-12(15(13)6-4-5-7-15)16-11-14(2)8-9-14/h12-13,16H,3-11H2,1-2H3. The van der Waals surface area contributed by atoms with Crippen molar-refractivity contribution in [3.63, 3.8) is 0 Å². The molecule has 2 heteroatoms. The van der Waals surface area contributed by atoms with E-state index in [0.29, 0.717) is 16.9 Å². The van der Waals surface area contributed by atoms with Crippen LogP contribution in [0.25, 0.3) is 0 Å². The summed E-state index contributed by atoms with van der Waals surface area (Å²) in [6, 6.07) is 0.749. The highest BCUT2D eigenvalue weighted by Gasteiger charge is 2.56. The molecule has 3 fully saturated rings. The molecule has 0 bridgehead atoms. The number of hydrogen-bond acceptors (Lipinski definition) is 2. The zero-order valence-corrected chi connectivity index (χ0v) is 11.4. The van der Waals surface area contributed by atoms with Crippen molar-refractivity contribution in [3.05, 3.63) is 0 Å². The van der Waals surface area contributed by atoms with Crippen molar-refractivity contribution in [2.75, 3.05) is 13.2 Å². The molecule has 0 aromatic rings. The number of ether oxygens (including phenoxy) is 1. The van der Waals surface area contributed by atoms with Crippen LogP contribution in [0.4, 0.5) is 0 Å². The van der Waals surface area contributed by atoms with Gasteiger partial charge in [0.05, 0.1) is 6.10 Å². The maximum Gasteiger partial charge on any atom is 0.0661 e. The Bertz CT molecular complexity index is 279. The molecule has 0 aromatic carbocycles. The average molecular weight is 237 g/mol. The molecule has 1 spiro atoms. The Hall–Kier alpha value is -0.0800. The summed E-state index contributed by atoms with van der Waals surface area (Å²) < 4.78 is 5.95. The largest absolute Gasteiger partial charge is 0.378 e. The van der Waals surface area contributed by atoms with Gasteiger partial charge in [-0.25, -0.2) is 0 Å². The third-order valence-corrected chi connectivity index (χ3v) is 5.57. The van der Waals surface area contributed by atoms with Gasteiger partial charge in [0.25, 0.3) is 0 Å². The predicted octanol–water partition coefficient (Wildman–Crippen LogP) is 3.11. The lowest BCUT2D eigenvalue weighted by Gasteiger charge is -2.54. The monoisotopic (exact) mass is 237 g/mol. The van der Waals surface area contributed by atoms with Gasteiger partial charge in [-0.2, -0.15) is 0 Å². The highest BCUT2D eigenvalue weighted by Crippen LogP contribution is 2.55. The third kappa shape index (κ3) is 2.04. The molecule has 2 unspecified atom stereocenters. The van der Waals surface area contributed by atoms with Crippen LogP contribution in [0.1, 0.15) is 58.8 Å². The summed E-state index contributed by atoms with van der Waals surface area (Å²) in [5.74, 6) is 0. The maximum atomic E-state index is 5.95. The quantitative estimate of drug-likeness (QED) is 0.793. The molecule has 3 aliphatic rings. The van der Waals surface area contributed by atoms with Crippen molar-refractivity contribution in [1.82, 2.24) is 5.32 Å². The summed E-state index contributed by atoms with van der Waals surface area (Å²) >= 11 is 0. The Balaban J connectivity index is 1.57. The second-order valence-electron chi connectivity index (χ2n) is 6.86. The van der Waals surface area contributed by atoms with E-state index < -0.39 is 0 Å². The van der Waals surface area contributed by atoms with Crippen LogP contribution >= 0.6 is 0 Å². The molecular weight excluding hydrogens is 210 g/mol. The van der Waals surface area contributed by atoms with Crippen molar-refractivity contribution in [2.45, 2.75) is 70.9 Å². The van der Waals surface area contributed by atoms with E-state index >= 15 is 0 Å². The van der Waals surface area contributed by atoms with Crippen LogP contribution in [-0.2, 0) is 4.74 Å².